The SMILES string of the molecule is C[C@H](NC(C(=O)O)C(N)Cc1ccccc1)C(=O)N1CCC[C@H]1C(=O)O. The van der Waals surface area contributed by atoms with Crippen molar-refractivity contribution in [2.24, 2.45) is 5.73 Å². The Balaban J connectivity index is 2.03. The van der Waals surface area contributed by atoms with Crippen LogP contribution >= 0.6 is 0 Å². The number of benzene rings is 1. The van der Waals surface area contributed by atoms with Crippen molar-refractivity contribution < 1.29 is 24.6 Å². The van der Waals surface area contributed by atoms with Gasteiger partial charge in [-0.1, -0.05) is 30.3 Å². The molecule has 8 heteroatoms. The highest BCUT2D eigenvalue weighted by molar-refractivity contribution is 5.88. The summed E-state index contributed by atoms with van der Waals surface area (Å²) in [6.07, 6.45) is 1.36. The Morgan fingerprint density at radius 3 is 2.50 bits per heavy atom. The van der Waals surface area contributed by atoms with E-state index in [1.54, 1.807) is 0 Å². The van der Waals surface area contributed by atoms with Crippen molar-refractivity contribution in [3.8, 4) is 0 Å². The summed E-state index contributed by atoms with van der Waals surface area (Å²) in [5.41, 5.74) is 6.97. The molecule has 2 rings (SSSR count). The van der Waals surface area contributed by atoms with Gasteiger partial charge in [0.2, 0.25) is 5.91 Å². The van der Waals surface area contributed by atoms with Gasteiger partial charge in [-0.25, -0.2) is 4.79 Å². The van der Waals surface area contributed by atoms with E-state index in [1.807, 2.05) is 30.3 Å². The van der Waals surface area contributed by atoms with Crippen LogP contribution in [-0.2, 0) is 20.8 Å². The second-order valence-corrected chi connectivity index (χ2v) is 6.59. The van der Waals surface area contributed by atoms with Crippen molar-refractivity contribution in [1.29, 1.82) is 0 Å². The Morgan fingerprint density at radius 1 is 1.27 bits per heavy atom. The number of hydrogen-bond acceptors (Lipinski definition) is 5. The summed E-state index contributed by atoms with van der Waals surface area (Å²) in [4.78, 5) is 36.7. The first-order valence-electron chi connectivity index (χ1n) is 8.63. The van der Waals surface area contributed by atoms with Crippen LogP contribution in [0.2, 0.25) is 0 Å². The number of likely N-dealkylation sites (tertiary alicyclic amines) is 1. The maximum atomic E-state index is 12.6. The van der Waals surface area contributed by atoms with Gasteiger partial charge in [-0.3, -0.25) is 14.9 Å². The largest absolute Gasteiger partial charge is 0.480 e. The standard InChI is InChI=1S/C18H25N3O5/c1-11(16(22)21-9-5-8-14(21)17(23)24)20-15(18(25)26)13(19)10-12-6-3-2-4-7-12/h2-4,6-7,11,13-15,20H,5,8-10,19H2,1H3,(H,23,24)(H,25,26)/t11-,13?,14-,15?/m0/s1. The zero-order valence-corrected chi connectivity index (χ0v) is 14.7. The summed E-state index contributed by atoms with van der Waals surface area (Å²) in [7, 11) is 0. The lowest BCUT2D eigenvalue weighted by Gasteiger charge is -2.29. The minimum absolute atomic E-state index is 0.340. The normalized spacial score (nSPS) is 20.4. The molecule has 4 atom stereocenters. The van der Waals surface area contributed by atoms with Gasteiger partial charge in [0.05, 0.1) is 6.04 Å². The molecule has 0 bridgehead atoms. The summed E-state index contributed by atoms with van der Waals surface area (Å²) in [6.45, 7) is 1.89. The molecule has 1 amide bonds. The van der Waals surface area contributed by atoms with Crippen LogP contribution in [-0.4, -0.2) is 63.7 Å². The second kappa shape index (κ2) is 8.77. The van der Waals surface area contributed by atoms with E-state index in [0.29, 0.717) is 25.8 Å². The Morgan fingerprint density at radius 2 is 1.92 bits per heavy atom. The molecule has 8 nitrogen and oxygen atoms in total. The van der Waals surface area contributed by atoms with Gasteiger partial charge in [0, 0.05) is 12.6 Å². The van der Waals surface area contributed by atoms with Crippen LogP contribution in [0, 0.1) is 0 Å². The molecule has 0 saturated carbocycles. The quantitative estimate of drug-likeness (QED) is 0.513. The fourth-order valence-corrected chi connectivity index (χ4v) is 3.26. The number of nitrogens with two attached hydrogens (primary N) is 1. The van der Waals surface area contributed by atoms with Crippen molar-refractivity contribution in [3.05, 3.63) is 35.9 Å². The highest BCUT2D eigenvalue weighted by Crippen LogP contribution is 2.18. The Hall–Kier alpha value is -2.45. The molecule has 1 heterocycles. The molecular weight excluding hydrogens is 338 g/mol. The van der Waals surface area contributed by atoms with Crippen molar-refractivity contribution >= 4 is 17.8 Å². The predicted octanol–water partition coefficient (Wildman–Crippen LogP) is 0.0633. The molecule has 1 aliphatic heterocycles. The van der Waals surface area contributed by atoms with E-state index in [4.69, 9.17) is 5.73 Å². The van der Waals surface area contributed by atoms with Crippen molar-refractivity contribution in [2.45, 2.75) is 50.4 Å². The van der Waals surface area contributed by atoms with E-state index in [1.165, 1.54) is 11.8 Å². The first kappa shape index (κ1) is 19.9. The van der Waals surface area contributed by atoms with Crippen molar-refractivity contribution in [3.63, 3.8) is 0 Å². The van der Waals surface area contributed by atoms with Gasteiger partial charge in [0.1, 0.15) is 12.1 Å². The Bertz CT molecular complexity index is 651. The molecule has 0 aliphatic carbocycles. The van der Waals surface area contributed by atoms with Crippen LogP contribution in [0.15, 0.2) is 30.3 Å². The highest BCUT2D eigenvalue weighted by atomic mass is 16.4. The van der Waals surface area contributed by atoms with E-state index >= 15 is 0 Å². The molecule has 1 aromatic rings. The van der Waals surface area contributed by atoms with E-state index in [9.17, 15) is 24.6 Å². The van der Waals surface area contributed by atoms with Gasteiger partial charge in [0.15, 0.2) is 0 Å². The van der Waals surface area contributed by atoms with Crippen LogP contribution in [0.5, 0.6) is 0 Å². The molecule has 5 N–H and O–H groups in total. The maximum Gasteiger partial charge on any atom is 0.326 e. The predicted molar refractivity (Wildman–Crippen MR) is 94.5 cm³/mol. The van der Waals surface area contributed by atoms with Crippen molar-refractivity contribution in [1.82, 2.24) is 10.2 Å². The number of nitrogens with zero attached hydrogens (tertiary/aromatic N) is 1. The third-order valence-electron chi connectivity index (χ3n) is 4.63. The van der Waals surface area contributed by atoms with Crippen LogP contribution in [0.1, 0.15) is 25.3 Å². The second-order valence-electron chi connectivity index (χ2n) is 6.59. The zero-order chi connectivity index (χ0) is 19.3. The number of carbonyl (C=O) groups is 3. The van der Waals surface area contributed by atoms with Crippen LogP contribution < -0.4 is 11.1 Å². The summed E-state index contributed by atoms with van der Waals surface area (Å²) in [5, 5.41) is 21.5. The minimum Gasteiger partial charge on any atom is -0.480 e. The van der Waals surface area contributed by atoms with E-state index in [0.717, 1.165) is 5.56 Å². The number of rotatable bonds is 8. The smallest absolute Gasteiger partial charge is 0.326 e. The van der Waals surface area contributed by atoms with Crippen molar-refractivity contribution in [2.75, 3.05) is 6.54 Å². The first-order chi connectivity index (χ1) is 12.3. The lowest BCUT2D eigenvalue weighted by atomic mass is 9.99. The molecular formula is C18H25N3O5. The molecule has 1 aliphatic rings. The lowest BCUT2D eigenvalue weighted by molar-refractivity contribution is -0.149. The number of amides is 1. The minimum atomic E-state index is -1.15. The van der Waals surface area contributed by atoms with Gasteiger partial charge in [-0.2, -0.15) is 0 Å². The first-order valence-corrected chi connectivity index (χ1v) is 8.63. The van der Waals surface area contributed by atoms with Crippen LogP contribution in [0.4, 0.5) is 0 Å². The number of aliphatic carboxylic acids is 2. The van der Waals surface area contributed by atoms with Gasteiger partial charge < -0.3 is 20.8 Å². The summed E-state index contributed by atoms with van der Waals surface area (Å²) < 4.78 is 0. The van der Waals surface area contributed by atoms with Gasteiger partial charge in [0.25, 0.3) is 0 Å². The molecule has 0 aromatic heterocycles. The number of hydrogen-bond donors (Lipinski definition) is 4. The molecule has 2 unspecified atom stereocenters. The van der Waals surface area contributed by atoms with Gasteiger partial charge in [-0.05, 0) is 31.7 Å². The fraction of sp³-hybridized carbons (Fsp3) is 0.500. The molecule has 0 spiro atoms. The maximum absolute atomic E-state index is 12.6. The van der Waals surface area contributed by atoms with Gasteiger partial charge >= 0.3 is 11.9 Å². The van der Waals surface area contributed by atoms with E-state index < -0.39 is 42.0 Å². The number of carboxylic acid groups (broad SMARTS) is 2. The molecule has 142 valence electrons. The average Bonchev–Trinajstić information content (AvgIpc) is 3.09. The van der Waals surface area contributed by atoms with E-state index in [2.05, 4.69) is 5.32 Å². The molecule has 0 radical (unpaired) electrons. The Labute approximate surface area is 152 Å². The van der Waals surface area contributed by atoms with Gasteiger partial charge in [-0.15, -0.1) is 0 Å². The summed E-state index contributed by atoms with van der Waals surface area (Å²) >= 11 is 0. The van der Waals surface area contributed by atoms with Crippen LogP contribution in [0.25, 0.3) is 0 Å². The molecule has 1 fully saturated rings. The molecule has 26 heavy (non-hydrogen) atoms. The third-order valence-corrected chi connectivity index (χ3v) is 4.63. The van der Waals surface area contributed by atoms with Crippen LogP contribution in [0.3, 0.4) is 0 Å². The number of carbonyl (C=O) groups excluding carboxylic acids is 1. The topological polar surface area (TPSA) is 133 Å². The fourth-order valence-electron chi connectivity index (χ4n) is 3.26. The number of carboxylic acids is 2. The highest BCUT2D eigenvalue weighted by Gasteiger charge is 2.37. The number of nitrogens with one attached hydrogen (secondary N) is 1. The lowest BCUT2D eigenvalue weighted by Crippen LogP contribution is -2.58. The molecule has 1 aromatic carbocycles. The zero-order valence-electron chi connectivity index (χ0n) is 14.7. The van der Waals surface area contributed by atoms with E-state index in [-0.39, 0.29) is 0 Å². The summed E-state index contributed by atoms with van der Waals surface area (Å²) in [5.74, 6) is -2.61. The monoisotopic (exact) mass is 363 g/mol. The Kier molecular flexibility index (Phi) is 6.70. The molecule has 1 saturated heterocycles. The average molecular weight is 363 g/mol. The third kappa shape index (κ3) is 4.80. The summed E-state index contributed by atoms with van der Waals surface area (Å²) in [6, 6.07) is 5.69.